The number of nitrogens with one attached hydrogen (secondary N) is 2. The fourth-order valence-corrected chi connectivity index (χ4v) is 2.25. The Morgan fingerprint density at radius 1 is 1.11 bits per heavy atom. The molecule has 0 aromatic heterocycles. The number of hydrogen-bond donors (Lipinski definition) is 2. The Bertz CT molecular complexity index is 273. The molecule has 1 atom stereocenters. The van der Waals surface area contributed by atoms with Crippen LogP contribution in [0.15, 0.2) is 0 Å². The zero-order chi connectivity index (χ0) is 13.4. The molecule has 3 amide bonds. The van der Waals surface area contributed by atoms with Crippen molar-refractivity contribution in [3.05, 3.63) is 0 Å². The third kappa shape index (κ3) is 5.04. The number of likely N-dealkylation sites (tertiary alicyclic amines) is 1. The number of rotatable bonds is 3. The summed E-state index contributed by atoms with van der Waals surface area (Å²) >= 11 is 0. The summed E-state index contributed by atoms with van der Waals surface area (Å²) in [7, 11) is 0. The predicted molar refractivity (Wildman–Crippen MR) is 71.3 cm³/mol. The smallest absolute Gasteiger partial charge is 0.321 e. The minimum Gasteiger partial charge on any atom is -0.338 e. The Balaban J connectivity index is 2.42. The fraction of sp³-hybridized carbons (Fsp3) is 0.846. The van der Waals surface area contributed by atoms with Crippen molar-refractivity contribution in [2.75, 3.05) is 19.6 Å². The lowest BCUT2D eigenvalue weighted by molar-refractivity contribution is -0.124. The maximum atomic E-state index is 11.9. The van der Waals surface area contributed by atoms with Gasteiger partial charge in [0.05, 0.1) is 6.04 Å². The summed E-state index contributed by atoms with van der Waals surface area (Å²) in [4.78, 5) is 25.4. The van der Waals surface area contributed by atoms with E-state index in [-0.39, 0.29) is 11.9 Å². The number of hydrogen-bond acceptors (Lipinski definition) is 3. The Morgan fingerprint density at radius 2 is 1.67 bits per heavy atom. The normalized spacial score (nSPS) is 19.4. The second-order valence-corrected chi connectivity index (χ2v) is 4.83. The van der Waals surface area contributed by atoms with Crippen LogP contribution >= 0.6 is 0 Å². The molecule has 1 saturated heterocycles. The number of urea groups is 1. The van der Waals surface area contributed by atoms with Crippen molar-refractivity contribution < 1.29 is 9.59 Å². The van der Waals surface area contributed by atoms with Crippen molar-refractivity contribution in [3.8, 4) is 0 Å². The van der Waals surface area contributed by atoms with E-state index in [0.717, 1.165) is 25.9 Å². The molecule has 1 aliphatic heterocycles. The van der Waals surface area contributed by atoms with E-state index >= 15 is 0 Å². The van der Waals surface area contributed by atoms with Crippen LogP contribution in [0.5, 0.6) is 0 Å². The van der Waals surface area contributed by atoms with E-state index in [4.69, 9.17) is 0 Å². The van der Waals surface area contributed by atoms with Gasteiger partial charge in [-0.05, 0) is 39.8 Å². The number of imide groups is 1. The molecule has 0 aromatic carbocycles. The lowest BCUT2D eigenvalue weighted by Gasteiger charge is -2.29. The van der Waals surface area contributed by atoms with Crippen molar-refractivity contribution >= 4 is 11.9 Å². The molecular formula is C13H25N3O2. The first-order valence-electron chi connectivity index (χ1n) is 6.98. The van der Waals surface area contributed by atoms with Crippen LogP contribution in [0.4, 0.5) is 4.79 Å². The van der Waals surface area contributed by atoms with Crippen LogP contribution in [-0.2, 0) is 4.79 Å². The lowest BCUT2D eigenvalue weighted by atomic mass is 10.1. The number of carbonyl (C=O) groups excluding carboxylic acids is 2. The van der Waals surface area contributed by atoms with E-state index < -0.39 is 6.03 Å². The van der Waals surface area contributed by atoms with E-state index in [9.17, 15) is 9.59 Å². The highest BCUT2D eigenvalue weighted by Crippen LogP contribution is 2.12. The Hall–Kier alpha value is -1.10. The lowest BCUT2D eigenvalue weighted by Crippen LogP contribution is -2.50. The minimum atomic E-state index is -0.401. The summed E-state index contributed by atoms with van der Waals surface area (Å²) < 4.78 is 0. The molecule has 1 fully saturated rings. The average molecular weight is 255 g/mol. The summed E-state index contributed by atoms with van der Waals surface area (Å²) in [6.45, 7) is 6.12. The van der Waals surface area contributed by atoms with Crippen LogP contribution < -0.4 is 10.6 Å². The van der Waals surface area contributed by atoms with E-state index in [1.54, 1.807) is 0 Å². The predicted octanol–water partition coefficient (Wildman–Crippen LogP) is 1.49. The molecule has 1 rings (SSSR count). The minimum absolute atomic E-state index is 0.207. The number of nitrogens with zero attached hydrogens (tertiary/aromatic N) is 1. The van der Waals surface area contributed by atoms with Crippen molar-refractivity contribution in [2.24, 2.45) is 0 Å². The van der Waals surface area contributed by atoms with Crippen LogP contribution in [0.25, 0.3) is 0 Å². The molecule has 0 radical (unpaired) electrons. The Kier molecular flexibility index (Phi) is 6.72. The average Bonchev–Trinajstić information content (AvgIpc) is 2.27. The molecule has 0 spiro atoms. The van der Waals surface area contributed by atoms with Gasteiger partial charge in [-0.1, -0.05) is 19.3 Å². The molecule has 5 nitrogen and oxygen atoms in total. The van der Waals surface area contributed by atoms with Crippen molar-refractivity contribution in [1.29, 1.82) is 0 Å². The number of amides is 3. The molecule has 18 heavy (non-hydrogen) atoms. The molecule has 1 heterocycles. The largest absolute Gasteiger partial charge is 0.338 e. The van der Waals surface area contributed by atoms with E-state index in [1.807, 2.05) is 13.8 Å². The summed E-state index contributed by atoms with van der Waals surface area (Å²) in [6, 6.07) is -0.632. The van der Waals surface area contributed by atoms with Gasteiger partial charge in [0.1, 0.15) is 0 Å². The van der Waals surface area contributed by atoms with Gasteiger partial charge in [0.15, 0.2) is 0 Å². The maximum Gasteiger partial charge on any atom is 0.321 e. The van der Waals surface area contributed by atoms with Crippen LogP contribution in [0, 0.1) is 0 Å². The van der Waals surface area contributed by atoms with Gasteiger partial charge in [0, 0.05) is 6.54 Å². The van der Waals surface area contributed by atoms with Gasteiger partial charge in [-0.2, -0.15) is 0 Å². The standard InChI is InChI=1S/C13H25N3O2/c1-3-14-13(18)15-12(17)11(2)16-9-7-5-4-6-8-10-16/h11H,3-10H2,1-2H3,(H2,14,15,17,18)/t11-/m1/s1. The Morgan fingerprint density at radius 3 is 2.22 bits per heavy atom. The molecule has 0 unspecified atom stereocenters. The second kappa shape index (κ2) is 8.08. The quantitative estimate of drug-likeness (QED) is 0.803. The maximum absolute atomic E-state index is 11.9. The first-order chi connectivity index (χ1) is 8.65. The summed E-state index contributed by atoms with van der Waals surface area (Å²) in [5, 5.41) is 4.95. The number of carbonyl (C=O) groups is 2. The van der Waals surface area contributed by atoms with E-state index in [1.165, 1.54) is 19.3 Å². The molecule has 1 aliphatic rings. The fourth-order valence-electron chi connectivity index (χ4n) is 2.25. The molecule has 0 bridgehead atoms. The summed E-state index contributed by atoms with van der Waals surface area (Å²) in [5.74, 6) is -0.207. The van der Waals surface area contributed by atoms with Crippen LogP contribution in [-0.4, -0.2) is 42.5 Å². The first kappa shape index (κ1) is 15.0. The molecule has 0 aliphatic carbocycles. The van der Waals surface area contributed by atoms with Gasteiger partial charge in [-0.3, -0.25) is 15.0 Å². The third-order valence-electron chi connectivity index (χ3n) is 3.39. The zero-order valence-corrected chi connectivity index (χ0v) is 11.5. The molecule has 5 heteroatoms. The first-order valence-corrected chi connectivity index (χ1v) is 6.98. The molecular weight excluding hydrogens is 230 g/mol. The topological polar surface area (TPSA) is 61.4 Å². The molecule has 0 aromatic rings. The van der Waals surface area contributed by atoms with Crippen LogP contribution in [0.2, 0.25) is 0 Å². The molecule has 2 N–H and O–H groups in total. The molecule has 0 saturated carbocycles. The van der Waals surface area contributed by atoms with Gasteiger partial charge in [0.25, 0.3) is 0 Å². The van der Waals surface area contributed by atoms with Gasteiger partial charge in [-0.25, -0.2) is 4.79 Å². The highest BCUT2D eigenvalue weighted by Gasteiger charge is 2.22. The van der Waals surface area contributed by atoms with Crippen molar-refractivity contribution in [3.63, 3.8) is 0 Å². The zero-order valence-electron chi connectivity index (χ0n) is 11.5. The molecule has 104 valence electrons. The summed E-state index contributed by atoms with van der Waals surface area (Å²) in [6.07, 6.45) is 6.05. The van der Waals surface area contributed by atoms with Crippen molar-refractivity contribution in [1.82, 2.24) is 15.5 Å². The summed E-state index contributed by atoms with van der Waals surface area (Å²) in [5.41, 5.74) is 0. The second-order valence-electron chi connectivity index (χ2n) is 4.83. The van der Waals surface area contributed by atoms with Crippen LogP contribution in [0.1, 0.15) is 46.0 Å². The van der Waals surface area contributed by atoms with Gasteiger partial charge in [-0.15, -0.1) is 0 Å². The van der Waals surface area contributed by atoms with Crippen LogP contribution in [0.3, 0.4) is 0 Å². The highest BCUT2D eigenvalue weighted by atomic mass is 16.2. The van der Waals surface area contributed by atoms with E-state index in [0.29, 0.717) is 6.54 Å². The monoisotopic (exact) mass is 255 g/mol. The van der Waals surface area contributed by atoms with Crippen molar-refractivity contribution in [2.45, 2.75) is 52.0 Å². The van der Waals surface area contributed by atoms with E-state index in [2.05, 4.69) is 15.5 Å². The van der Waals surface area contributed by atoms with Gasteiger partial charge >= 0.3 is 6.03 Å². The van der Waals surface area contributed by atoms with Gasteiger partial charge < -0.3 is 5.32 Å². The highest BCUT2D eigenvalue weighted by molar-refractivity contribution is 5.96. The third-order valence-corrected chi connectivity index (χ3v) is 3.39. The SMILES string of the molecule is CCNC(=O)NC(=O)[C@@H](C)N1CCCCCCC1. The van der Waals surface area contributed by atoms with Gasteiger partial charge in [0.2, 0.25) is 5.91 Å². The Labute approximate surface area is 109 Å².